The fourth-order valence-electron chi connectivity index (χ4n) is 4.07. The number of benzene rings is 3. The Labute approximate surface area is 144 Å². The van der Waals surface area contributed by atoms with Crippen LogP contribution in [-0.4, -0.2) is 13.1 Å². The molecule has 1 nitrogen and oxygen atoms in total. The van der Waals surface area contributed by atoms with E-state index in [1.165, 1.54) is 32.9 Å². The first-order chi connectivity index (χ1) is 11.1. The average Bonchev–Trinajstić information content (AvgIpc) is 3.00. The van der Waals surface area contributed by atoms with Gasteiger partial charge >= 0.3 is 0 Å². The Morgan fingerprint density at radius 2 is 1.57 bits per heavy atom. The first-order valence-electron chi connectivity index (χ1n) is 7.91. The van der Waals surface area contributed by atoms with E-state index in [1.54, 1.807) is 10.4 Å². The highest BCUT2D eigenvalue weighted by molar-refractivity contribution is 9.10. The van der Waals surface area contributed by atoms with E-state index in [0.717, 1.165) is 4.47 Å². The number of hydrogen-bond acceptors (Lipinski definition) is 0. The molecule has 0 unspecified atom stereocenters. The second kappa shape index (κ2) is 4.37. The van der Waals surface area contributed by atoms with Gasteiger partial charge in [-0.15, -0.1) is 0 Å². The highest BCUT2D eigenvalue weighted by Gasteiger charge is 2.37. The molecule has 0 fully saturated rings. The lowest BCUT2D eigenvalue weighted by Crippen LogP contribution is -2.49. The van der Waals surface area contributed by atoms with Crippen molar-refractivity contribution in [3.05, 3.63) is 59.1 Å². The summed E-state index contributed by atoms with van der Waals surface area (Å²) in [5.74, 6) is 0. The maximum atomic E-state index is 3.61. The fourth-order valence-corrected chi connectivity index (χ4v) is 7.51. The largest absolute Gasteiger partial charge is 0.354 e. The van der Waals surface area contributed by atoms with Crippen LogP contribution in [0.25, 0.3) is 32.9 Å². The predicted octanol–water partition coefficient (Wildman–Crippen LogP) is 4.89. The van der Waals surface area contributed by atoms with E-state index in [9.17, 15) is 0 Å². The van der Waals surface area contributed by atoms with Gasteiger partial charge in [0.05, 0.1) is 0 Å². The van der Waals surface area contributed by atoms with Gasteiger partial charge in [-0.3, -0.25) is 0 Å². The molecule has 23 heavy (non-hydrogen) atoms. The van der Waals surface area contributed by atoms with Crippen LogP contribution >= 0.6 is 15.9 Å². The van der Waals surface area contributed by atoms with Crippen molar-refractivity contribution in [2.75, 3.05) is 0 Å². The summed E-state index contributed by atoms with van der Waals surface area (Å²) >= 11 is 3.61. The van der Waals surface area contributed by atoms with Crippen LogP contribution in [0.1, 0.15) is 0 Å². The summed E-state index contributed by atoms with van der Waals surface area (Å²) in [4.78, 5) is 3.59. The Balaban J connectivity index is 1.93. The molecule has 112 valence electrons. The zero-order valence-electron chi connectivity index (χ0n) is 13.1. The van der Waals surface area contributed by atoms with Crippen molar-refractivity contribution >= 4 is 56.2 Å². The van der Waals surface area contributed by atoms with Gasteiger partial charge in [0.2, 0.25) is 0 Å². The van der Waals surface area contributed by atoms with Crippen molar-refractivity contribution in [1.82, 2.24) is 4.98 Å². The minimum atomic E-state index is -1.60. The van der Waals surface area contributed by atoms with Crippen molar-refractivity contribution in [3.8, 4) is 11.1 Å². The molecule has 3 heteroatoms. The van der Waals surface area contributed by atoms with Crippen LogP contribution in [0.15, 0.2) is 59.1 Å². The van der Waals surface area contributed by atoms with Gasteiger partial charge in [0.15, 0.2) is 0 Å². The molecule has 0 spiro atoms. The molecule has 4 aromatic rings. The quantitative estimate of drug-likeness (QED) is 0.420. The molecule has 0 saturated carbocycles. The summed E-state index contributed by atoms with van der Waals surface area (Å²) in [6.07, 6.45) is 0. The van der Waals surface area contributed by atoms with E-state index in [4.69, 9.17) is 0 Å². The molecule has 1 aliphatic heterocycles. The van der Waals surface area contributed by atoms with Gasteiger partial charge in [0.1, 0.15) is 8.07 Å². The highest BCUT2D eigenvalue weighted by atomic mass is 79.9. The van der Waals surface area contributed by atoms with E-state index in [0.29, 0.717) is 0 Å². The third-order valence-corrected chi connectivity index (χ3v) is 9.30. The number of aromatic nitrogens is 1. The minimum Gasteiger partial charge on any atom is -0.354 e. The molecule has 5 rings (SSSR count). The number of nitrogens with one attached hydrogen (secondary N) is 1. The molecular weight excluding hydrogens is 362 g/mol. The molecule has 2 heterocycles. The van der Waals surface area contributed by atoms with Crippen molar-refractivity contribution < 1.29 is 0 Å². The summed E-state index contributed by atoms with van der Waals surface area (Å²) < 4.78 is 1.13. The number of aromatic amines is 1. The predicted molar refractivity (Wildman–Crippen MR) is 106 cm³/mol. The van der Waals surface area contributed by atoms with Gasteiger partial charge < -0.3 is 4.98 Å². The van der Waals surface area contributed by atoms with Gasteiger partial charge in [-0.05, 0) is 45.8 Å². The van der Waals surface area contributed by atoms with Crippen LogP contribution in [-0.2, 0) is 0 Å². The van der Waals surface area contributed by atoms with E-state index in [1.807, 2.05) is 0 Å². The SMILES string of the molecule is C[Si]1(C)c2ccccc2-c2cc3[nH]c4ccc(Br)cc4c3cc21. The summed E-state index contributed by atoms with van der Waals surface area (Å²) in [6, 6.07) is 20.2. The highest BCUT2D eigenvalue weighted by Crippen LogP contribution is 2.34. The maximum Gasteiger partial charge on any atom is 0.113 e. The molecule has 0 saturated heterocycles. The van der Waals surface area contributed by atoms with Crippen molar-refractivity contribution in [3.63, 3.8) is 0 Å². The molecule has 0 atom stereocenters. The molecule has 0 bridgehead atoms. The Morgan fingerprint density at radius 1 is 0.783 bits per heavy atom. The molecule has 0 radical (unpaired) electrons. The lowest BCUT2D eigenvalue weighted by Gasteiger charge is -2.18. The molecule has 1 aromatic heterocycles. The zero-order chi connectivity index (χ0) is 15.8. The summed E-state index contributed by atoms with van der Waals surface area (Å²) in [5.41, 5.74) is 5.30. The molecular formula is C20H16BrNSi. The molecule has 0 aliphatic carbocycles. The number of rotatable bonds is 0. The van der Waals surface area contributed by atoms with Gasteiger partial charge in [-0.25, -0.2) is 0 Å². The monoisotopic (exact) mass is 377 g/mol. The first kappa shape index (κ1) is 13.6. The van der Waals surface area contributed by atoms with Crippen LogP contribution < -0.4 is 10.4 Å². The van der Waals surface area contributed by atoms with Crippen LogP contribution in [0, 0.1) is 0 Å². The fraction of sp³-hybridized carbons (Fsp3) is 0.100. The summed E-state index contributed by atoms with van der Waals surface area (Å²) in [6.45, 7) is 4.93. The smallest absolute Gasteiger partial charge is 0.113 e. The van der Waals surface area contributed by atoms with Crippen LogP contribution in [0.2, 0.25) is 13.1 Å². The number of halogens is 1. The van der Waals surface area contributed by atoms with Gasteiger partial charge in [0, 0.05) is 26.3 Å². The topological polar surface area (TPSA) is 15.8 Å². The lowest BCUT2D eigenvalue weighted by atomic mass is 10.0. The van der Waals surface area contributed by atoms with E-state index in [2.05, 4.69) is 88.6 Å². The maximum absolute atomic E-state index is 3.61. The summed E-state index contributed by atoms with van der Waals surface area (Å²) in [7, 11) is -1.60. The second-order valence-electron chi connectivity index (χ2n) is 6.93. The zero-order valence-corrected chi connectivity index (χ0v) is 15.7. The first-order valence-corrected chi connectivity index (χ1v) is 11.7. The molecule has 1 aliphatic rings. The number of fused-ring (bicyclic) bond motifs is 6. The third-order valence-electron chi connectivity index (χ3n) is 5.26. The average molecular weight is 378 g/mol. The molecule has 1 N–H and O–H groups in total. The van der Waals surface area contributed by atoms with Gasteiger partial charge in [-0.2, -0.15) is 0 Å². The van der Waals surface area contributed by atoms with E-state index in [-0.39, 0.29) is 0 Å². The normalized spacial score (nSPS) is 15.1. The second-order valence-corrected chi connectivity index (χ2v) is 12.2. The lowest BCUT2D eigenvalue weighted by molar-refractivity contribution is 1.54. The number of hydrogen-bond donors (Lipinski definition) is 1. The van der Waals surface area contributed by atoms with Gasteiger partial charge in [-0.1, -0.05) is 59.4 Å². The summed E-state index contributed by atoms with van der Waals surface area (Å²) in [5, 5.41) is 5.77. The van der Waals surface area contributed by atoms with E-state index >= 15 is 0 Å². The Kier molecular flexibility index (Phi) is 2.58. The van der Waals surface area contributed by atoms with Crippen molar-refractivity contribution in [2.24, 2.45) is 0 Å². The van der Waals surface area contributed by atoms with Crippen LogP contribution in [0.5, 0.6) is 0 Å². The van der Waals surface area contributed by atoms with E-state index < -0.39 is 8.07 Å². The van der Waals surface area contributed by atoms with Crippen molar-refractivity contribution in [1.29, 1.82) is 0 Å². The molecule has 0 amide bonds. The Morgan fingerprint density at radius 3 is 2.43 bits per heavy atom. The van der Waals surface area contributed by atoms with Crippen LogP contribution in [0.3, 0.4) is 0 Å². The number of H-pyrrole nitrogens is 1. The van der Waals surface area contributed by atoms with Gasteiger partial charge in [0.25, 0.3) is 0 Å². The third kappa shape index (κ3) is 1.72. The Hall–Kier alpha value is -1.84. The Bertz CT molecular complexity index is 1110. The standard InChI is InChI=1S/C20H16BrNSi/c1-23(2)19-6-4-3-5-13(19)16-10-18-15(11-20(16)23)14-9-12(21)7-8-17(14)22-18/h3-11,22H,1-2H3. The molecule has 3 aromatic carbocycles. The minimum absolute atomic E-state index is 1.13. The van der Waals surface area contributed by atoms with Crippen LogP contribution in [0.4, 0.5) is 0 Å². The van der Waals surface area contributed by atoms with Crippen molar-refractivity contribution in [2.45, 2.75) is 13.1 Å².